The van der Waals surface area contributed by atoms with Crippen LogP contribution < -0.4 is 0 Å². The second-order valence-corrected chi connectivity index (χ2v) is 5.42. The number of halogens is 1. The van der Waals surface area contributed by atoms with Crippen molar-refractivity contribution in [3.8, 4) is 0 Å². The number of nitrogens with zero attached hydrogens (tertiary/aromatic N) is 2. The van der Waals surface area contributed by atoms with Crippen LogP contribution in [0.2, 0.25) is 0 Å². The van der Waals surface area contributed by atoms with E-state index in [4.69, 9.17) is 0 Å². The van der Waals surface area contributed by atoms with E-state index in [0.29, 0.717) is 12.0 Å². The van der Waals surface area contributed by atoms with Gasteiger partial charge in [-0.15, -0.1) is 0 Å². The van der Waals surface area contributed by atoms with E-state index in [1.807, 2.05) is 0 Å². The Morgan fingerprint density at radius 2 is 1.85 bits per heavy atom. The number of aliphatic hydroxyl groups excluding tert-OH is 1. The monoisotopic (exact) mass is 282 g/mol. The van der Waals surface area contributed by atoms with Crippen LogP contribution in [-0.4, -0.2) is 55.2 Å². The highest BCUT2D eigenvalue weighted by molar-refractivity contribution is 5.19. The van der Waals surface area contributed by atoms with E-state index in [2.05, 4.69) is 30.8 Å². The van der Waals surface area contributed by atoms with Gasteiger partial charge in [0, 0.05) is 12.1 Å². The number of benzene rings is 1. The predicted molar refractivity (Wildman–Crippen MR) is 81.3 cm³/mol. The van der Waals surface area contributed by atoms with Gasteiger partial charge < -0.3 is 14.9 Å². The highest BCUT2D eigenvalue weighted by atomic mass is 19.1. The fourth-order valence-corrected chi connectivity index (χ4v) is 2.24. The molecule has 1 aromatic rings. The molecule has 1 N–H and O–H groups in total. The molecule has 0 aliphatic heterocycles. The van der Waals surface area contributed by atoms with Gasteiger partial charge in [0.25, 0.3) is 0 Å². The molecule has 1 rings (SSSR count). The molecule has 3 nitrogen and oxygen atoms in total. The SMILES string of the molecule is CCN(CCCN(C)C)CCC(O)c1ccccc1F. The van der Waals surface area contributed by atoms with Crippen molar-refractivity contribution in [1.29, 1.82) is 0 Å². The first kappa shape index (κ1) is 17.1. The molecule has 114 valence electrons. The molecule has 4 heteroatoms. The first-order valence-corrected chi connectivity index (χ1v) is 7.34. The third-order valence-electron chi connectivity index (χ3n) is 3.51. The smallest absolute Gasteiger partial charge is 0.128 e. The maximum atomic E-state index is 13.6. The second kappa shape index (κ2) is 9.06. The summed E-state index contributed by atoms with van der Waals surface area (Å²) in [6.07, 6.45) is 0.951. The van der Waals surface area contributed by atoms with Gasteiger partial charge >= 0.3 is 0 Å². The molecule has 0 amide bonds. The number of hydrogen-bond acceptors (Lipinski definition) is 3. The molecule has 1 atom stereocenters. The molecule has 0 radical (unpaired) electrons. The minimum absolute atomic E-state index is 0.323. The lowest BCUT2D eigenvalue weighted by molar-refractivity contribution is 0.138. The summed E-state index contributed by atoms with van der Waals surface area (Å²) in [7, 11) is 4.14. The van der Waals surface area contributed by atoms with Gasteiger partial charge in [-0.25, -0.2) is 4.39 Å². The Kier molecular flexibility index (Phi) is 7.73. The van der Waals surface area contributed by atoms with Gasteiger partial charge in [0.2, 0.25) is 0 Å². The minimum Gasteiger partial charge on any atom is -0.388 e. The molecule has 20 heavy (non-hydrogen) atoms. The van der Waals surface area contributed by atoms with Crippen molar-refractivity contribution in [2.24, 2.45) is 0 Å². The number of hydrogen-bond donors (Lipinski definition) is 1. The van der Waals surface area contributed by atoms with Crippen LogP contribution in [0.25, 0.3) is 0 Å². The van der Waals surface area contributed by atoms with Gasteiger partial charge in [0.15, 0.2) is 0 Å². The second-order valence-electron chi connectivity index (χ2n) is 5.42. The Labute approximate surface area is 122 Å². The number of rotatable bonds is 9. The van der Waals surface area contributed by atoms with Crippen LogP contribution in [0.5, 0.6) is 0 Å². The van der Waals surface area contributed by atoms with E-state index in [1.165, 1.54) is 6.07 Å². The molecule has 0 saturated heterocycles. The van der Waals surface area contributed by atoms with Gasteiger partial charge in [-0.3, -0.25) is 0 Å². The summed E-state index contributed by atoms with van der Waals surface area (Å²) in [6, 6.07) is 6.46. The molecule has 0 bridgehead atoms. The Hall–Kier alpha value is -0.970. The maximum Gasteiger partial charge on any atom is 0.128 e. The summed E-state index contributed by atoms with van der Waals surface area (Å²) in [5, 5.41) is 10.1. The van der Waals surface area contributed by atoms with Crippen molar-refractivity contribution < 1.29 is 9.50 Å². The third-order valence-corrected chi connectivity index (χ3v) is 3.51. The zero-order chi connectivity index (χ0) is 15.0. The molecule has 0 aromatic heterocycles. The Morgan fingerprint density at radius 1 is 1.15 bits per heavy atom. The van der Waals surface area contributed by atoms with Gasteiger partial charge in [0.05, 0.1) is 6.10 Å². The standard InChI is InChI=1S/C16H27FN2O/c1-4-19(12-7-11-18(2)3)13-10-16(20)14-8-5-6-9-15(14)17/h5-6,8-9,16,20H,4,7,10-13H2,1-3H3. The average Bonchev–Trinajstić information content (AvgIpc) is 2.42. The fraction of sp³-hybridized carbons (Fsp3) is 0.625. The Balaban J connectivity index is 2.38. The maximum absolute atomic E-state index is 13.6. The molecule has 0 fully saturated rings. The van der Waals surface area contributed by atoms with E-state index in [1.54, 1.807) is 18.2 Å². The van der Waals surface area contributed by atoms with Crippen molar-refractivity contribution in [3.63, 3.8) is 0 Å². The van der Waals surface area contributed by atoms with Gasteiger partial charge in [-0.2, -0.15) is 0 Å². The lowest BCUT2D eigenvalue weighted by atomic mass is 10.1. The van der Waals surface area contributed by atoms with Crippen molar-refractivity contribution in [2.75, 3.05) is 40.3 Å². The highest BCUT2D eigenvalue weighted by Gasteiger charge is 2.13. The van der Waals surface area contributed by atoms with Crippen molar-refractivity contribution in [3.05, 3.63) is 35.6 Å². The lowest BCUT2D eigenvalue weighted by Crippen LogP contribution is -2.29. The van der Waals surface area contributed by atoms with Crippen LogP contribution in [0.3, 0.4) is 0 Å². The van der Waals surface area contributed by atoms with Crippen molar-refractivity contribution in [2.45, 2.75) is 25.9 Å². The van der Waals surface area contributed by atoms with Crippen LogP contribution in [0.1, 0.15) is 31.4 Å². The summed E-state index contributed by atoms with van der Waals surface area (Å²) in [4.78, 5) is 4.47. The molecule has 0 spiro atoms. The normalized spacial score (nSPS) is 13.2. The summed E-state index contributed by atoms with van der Waals surface area (Å²) >= 11 is 0. The molecule has 0 aliphatic carbocycles. The summed E-state index contributed by atoms with van der Waals surface area (Å²) in [6.45, 7) is 5.94. The molecular weight excluding hydrogens is 255 g/mol. The van der Waals surface area contributed by atoms with Gasteiger partial charge in [-0.05, 0) is 52.6 Å². The molecular formula is C16H27FN2O. The van der Waals surface area contributed by atoms with Crippen LogP contribution >= 0.6 is 0 Å². The van der Waals surface area contributed by atoms with Crippen LogP contribution in [-0.2, 0) is 0 Å². The molecule has 0 saturated carbocycles. The first-order chi connectivity index (χ1) is 9.54. The first-order valence-electron chi connectivity index (χ1n) is 7.34. The van der Waals surface area contributed by atoms with E-state index in [-0.39, 0.29) is 5.82 Å². The van der Waals surface area contributed by atoms with Gasteiger partial charge in [-0.1, -0.05) is 25.1 Å². The Bertz CT molecular complexity index is 384. The fourth-order valence-electron chi connectivity index (χ4n) is 2.24. The van der Waals surface area contributed by atoms with E-state index in [0.717, 1.165) is 32.6 Å². The highest BCUT2D eigenvalue weighted by Crippen LogP contribution is 2.19. The summed E-state index contributed by atoms with van der Waals surface area (Å²) in [5.41, 5.74) is 0.400. The summed E-state index contributed by atoms with van der Waals surface area (Å²) < 4.78 is 13.6. The Morgan fingerprint density at radius 3 is 2.45 bits per heavy atom. The predicted octanol–water partition coefficient (Wildman–Crippen LogP) is 2.52. The third kappa shape index (κ3) is 5.99. The summed E-state index contributed by atoms with van der Waals surface area (Å²) in [5.74, 6) is -0.323. The molecule has 1 unspecified atom stereocenters. The van der Waals surface area contributed by atoms with Crippen LogP contribution in [0.15, 0.2) is 24.3 Å². The molecule has 0 heterocycles. The molecule has 1 aromatic carbocycles. The van der Waals surface area contributed by atoms with E-state index >= 15 is 0 Å². The molecule has 0 aliphatic rings. The number of aliphatic hydroxyl groups is 1. The van der Waals surface area contributed by atoms with Crippen LogP contribution in [0, 0.1) is 5.82 Å². The largest absolute Gasteiger partial charge is 0.388 e. The van der Waals surface area contributed by atoms with Gasteiger partial charge in [0.1, 0.15) is 5.82 Å². The quantitative estimate of drug-likeness (QED) is 0.754. The van der Waals surface area contributed by atoms with Crippen molar-refractivity contribution in [1.82, 2.24) is 9.80 Å². The zero-order valence-corrected chi connectivity index (χ0v) is 12.8. The zero-order valence-electron chi connectivity index (χ0n) is 12.8. The van der Waals surface area contributed by atoms with Crippen molar-refractivity contribution >= 4 is 0 Å². The topological polar surface area (TPSA) is 26.7 Å². The van der Waals surface area contributed by atoms with E-state index in [9.17, 15) is 9.50 Å². The minimum atomic E-state index is -0.723. The lowest BCUT2D eigenvalue weighted by Gasteiger charge is -2.23. The van der Waals surface area contributed by atoms with E-state index < -0.39 is 6.10 Å². The van der Waals surface area contributed by atoms with Crippen LogP contribution in [0.4, 0.5) is 4.39 Å². The average molecular weight is 282 g/mol.